The van der Waals surface area contributed by atoms with E-state index in [-0.39, 0.29) is 0 Å². The van der Waals surface area contributed by atoms with Crippen LogP contribution in [-0.4, -0.2) is 22.6 Å². The van der Waals surface area contributed by atoms with E-state index in [1.54, 1.807) is 0 Å². The van der Waals surface area contributed by atoms with E-state index in [9.17, 15) is 31.4 Å². The normalized spacial score (nSPS) is 13.1. The van der Waals surface area contributed by atoms with E-state index in [2.05, 4.69) is 0 Å². The van der Waals surface area contributed by atoms with Gasteiger partial charge in [-0.15, -0.1) is 0 Å². The van der Waals surface area contributed by atoms with Crippen molar-refractivity contribution in [3.63, 3.8) is 0 Å². The van der Waals surface area contributed by atoms with Crippen molar-refractivity contribution in [1.82, 2.24) is 0 Å². The summed E-state index contributed by atoms with van der Waals surface area (Å²) in [5.74, 6) is -1.19. The molecule has 0 aliphatic rings. The molecule has 0 fully saturated rings. The molecule has 0 aliphatic carbocycles. The summed E-state index contributed by atoms with van der Waals surface area (Å²) in [6.45, 7) is 0. The number of hydrogen-bond donors (Lipinski definition) is 2. The number of rotatable bonds is 2. The van der Waals surface area contributed by atoms with Crippen LogP contribution in [0, 0.1) is 0 Å². The molecule has 8 heteroatoms. The lowest BCUT2D eigenvalue weighted by Gasteiger charge is -2.38. The van der Waals surface area contributed by atoms with Crippen molar-refractivity contribution < 1.29 is 36.6 Å². The van der Waals surface area contributed by atoms with Gasteiger partial charge in [0.1, 0.15) is 11.5 Å². The maximum absolute atomic E-state index is 13.6. The zero-order chi connectivity index (χ0) is 17.5. The van der Waals surface area contributed by atoms with Crippen LogP contribution in [0.1, 0.15) is 11.1 Å². The van der Waals surface area contributed by atoms with Crippen LogP contribution in [0.3, 0.4) is 0 Å². The van der Waals surface area contributed by atoms with Crippen molar-refractivity contribution in [3.05, 3.63) is 59.7 Å². The summed E-state index contributed by atoms with van der Waals surface area (Å²) in [7, 11) is 0. The molecule has 0 unspecified atom stereocenters. The van der Waals surface area contributed by atoms with Gasteiger partial charge in [0.25, 0.3) is 0 Å². The van der Waals surface area contributed by atoms with Crippen LogP contribution >= 0.6 is 0 Å². The number of halogens is 6. The van der Waals surface area contributed by atoms with Crippen molar-refractivity contribution >= 4 is 0 Å². The lowest BCUT2D eigenvalue weighted by molar-refractivity contribution is -0.288. The van der Waals surface area contributed by atoms with Crippen LogP contribution in [0.15, 0.2) is 48.5 Å². The summed E-state index contributed by atoms with van der Waals surface area (Å²) >= 11 is 0. The summed E-state index contributed by atoms with van der Waals surface area (Å²) in [5, 5.41) is 18.5. The van der Waals surface area contributed by atoms with E-state index in [0.717, 1.165) is 24.3 Å². The molecule has 0 bridgehead atoms. The largest absolute Gasteiger partial charge is 0.508 e. The van der Waals surface area contributed by atoms with Crippen molar-refractivity contribution in [1.29, 1.82) is 0 Å². The SMILES string of the molecule is Oc1ccc(C(c2cccc(O)c2)(C(F)(F)F)C(F)(F)F)cc1. The minimum absolute atomic E-state index is 0.424. The van der Waals surface area contributed by atoms with E-state index in [1.807, 2.05) is 0 Å². The van der Waals surface area contributed by atoms with Crippen LogP contribution in [0.25, 0.3) is 0 Å². The molecule has 2 rings (SSSR count). The number of hydrogen-bond acceptors (Lipinski definition) is 2. The molecule has 23 heavy (non-hydrogen) atoms. The third-order valence-corrected chi connectivity index (χ3v) is 3.43. The predicted octanol–water partition coefficient (Wildman–Crippen LogP) is 4.51. The minimum atomic E-state index is -5.73. The first-order valence-electron chi connectivity index (χ1n) is 6.22. The van der Waals surface area contributed by atoms with Gasteiger partial charge in [-0.3, -0.25) is 0 Å². The summed E-state index contributed by atoms with van der Waals surface area (Å²) in [6.07, 6.45) is -11.5. The second-order valence-corrected chi connectivity index (χ2v) is 4.84. The molecule has 2 aromatic carbocycles. The molecule has 0 saturated carbocycles. The van der Waals surface area contributed by atoms with Gasteiger partial charge in [0.2, 0.25) is 5.41 Å². The summed E-state index contributed by atoms with van der Waals surface area (Å²) in [5.41, 5.74) is -6.60. The zero-order valence-corrected chi connectivity index (χ0v) is 11.3. The van der Waals surface area contributed by atoms with Gasteiger partial charge >= 0.3 is 12.4 Å². The molecule has 2 aromatic rings. The first-order valence-corrected chi connectivity index (χ1v) is 6.22. The number of benzene rings is 2. The van der Waals surface area contributed by atoms with Gasteiger partial charge in [-0.25, -0.2) is 0 Å². The number of phenolic OH excluding ortho intramolecular Hbond substituents is 2. The van der Waals surface area contributed by atoms with Crippen LogP contribution in [-0.2, 0) is 5.41 Å². The van der Waals surface area contributed by atoms with Crippen LogP contribution in [0.4, 0.5) is 26.3 Å². The molecule has 0 amide bonds. The van der Waals surface area contributed by atoms with Gasteiger partial charge in [-0.05, 0) is 35.4 Å². The average molecular weight is 336 g/mol. The molecule has 0 aromatic heterocycles. The lowest BCUT2D eigenvalue weighted by atomic mass is 9.73. The molecular weight excluding hydrogens is 326 g/mol. The second-order valence-electron chi connectivity index (χ2n) is 4.84. The summed E-state index contributed by atoms with van der Waals surface area (Å²) < 4.78 is 81.7. The van der Waals surface area contributed by atoms with E-state index >= 15 is 0 Å². The molecule has 2 N–H and O–H groups in total. The van der Waals surface area contributed by atoms with E-state index < -0.39 is 40.4 Å². The molecule has 0 saturated heterocycles. The van der Waals surface area contributed by atoms with Crippen LogP contribution in [0.5, 0.6) is 11.5 Å². The predicted molar refractivity (Wildman–Crippen MR) is 69.1 cm³/mol. The maximum atomic E-state index is 13.6. The lowest BCUT2D eigenvalue weighted by Crippen LogP contribution is -2.54. The van der Waals surface area contributed by atoms with Crippen molar-refractivity contribution in [2.45, 2.75) is 17.8 Å². The Morgan fingerprint density at radius 2 is 1.13 bits per heavy atom. The third-order valence-electron chi connectivity index (χ3n) is 3.43. The average Bonchev–Trinajstić information content (AvgIpc) is 2.38. The standard InChI is InChI=1S/C15H10F6O2/c16-14(17,18)13(15(19,20)21,9-4-6-11(22)7-5-9)10-2-1-3-12(23)8-10/h1-8,22-23H. The number of phenols is 2. The maximum Gasteiger partial charge on any atom is 0.411 e. The second kappa shape index (κ2) is 5.36. The fourth-order valence-corrected chi connectivity index (χ4v) is 2.43. The Kier molecular flexibility index (Phi) is 3.96. The first kappa shape index (κ1) is 17.0. The van der Waals surface area contributed by atoms with Crippen molar-refractivity contribution in [3.8, 4) is 11.5 Å². The Morgan fingerprint density at radius 1 is 0.609 bits per heavy atom. The van der Waals surface area contributed by atoms with Gasteiger partial charge in [-0.2, -0.15) is 26.3 Å². The Hall–Kier alpha value is -2.38. The van der Waals surface area contributed by atoms with E-state index in [4.69, 9.17) is 5.11 Å². The number of alkyl halides is 6. The number of aromatic hydroxyl groups is 2. The van der Waals surface area contributed by atoms with Gasteiger partial charge in [-0.1, -0.05) is 24.3 Å². The third kappa shape index (κ3) is 2.69. The zero-order valence-electron chi connectivity index (χ0n) is 11.3. The van der Waals surface area contributed by atoms with Crippen LogP contribution < -0.4 is 0 Å². The fourth-order valence-electron chi connectivity index (χ4n) is 2.43. The quantitative estimate of drug-likeness (QED) is 0.792. The van der Waals surface area contributed by atoms with Gasteiger partial charge in [0, 0.05) is 0 Å². The van der Waals surface area contributed by atoms with Gasteiger partial charge < -0.3 is 10.2 Å². The van der Waals surface area contributed by atoms with Crippen molar-refractivity contribution in [2.24, 2.45) is 0 Å². The monoisotopic (exact) mass is 336 g/mol. The Labute approximate surface area is 126 Å². The first-order chi connectivity index (χ1) is 10.5. The molecule has 0 heterocycles. The molecule has 2 nitrogen and oxygen atoms in total. The molecule has 0 radical (unpaired) electrons. The summed E-state index contributed by atoms with van der Waals surface area (Å²) in [4.78, 5) is 0. The highest BCUT2D eigenvalue weighted by Crippen LogP contribution is 2.56. The Balaban J connectivity index is 2.90. The fraction of sp³-hybridized carbons (Fsp3) is 0.200. The molecule has 124 valence electrons. The molecule has 0 aliphatic heterocycles. The Bertz CT molecular complexity index is 674. The molecule has 0 spiro atoms. The highest BCUT2D eigenvalue weighted by molar-refractivity contribution is 5.47. The minimum Gasteiger partial charge on any atom is -0.508 e. The highest BCUT2D eigenvalue weighted by atomic mass is 19.4. The Morgan fingerprint density at radius 3 is 1.57 bits per heavy atom. The topological polar surface area (TPSA) is 40.5 Å². The van der Waals surface area contributed by atoms with E-state index in [0.29, 0.717) is 24.3 Å². The smallest absolute Gasteiger partial charge is 0.411 e. The van der Waals surface area contributed by atoms with Crippen molar-refractivity contribution in [2.75, 3.05) is 0 Å². The van der Waals surface area contributed by atoms with Gasteiger partial charge in [0.15, 0.2) is 0 Å². The van der Waals surface area contributed by atoms with E-state index in [1.165, 1.54) is 0 Å². The molecular formula is C15H10F6O2. The van der Waals surface area contributed by atoms with Gasteiger partial charge in [0.05, 0.1) is 0 Å². The highest BCUT2D eigenvalue weighted by Gasteiger charge is 2.72. The molecule has 0 atom stereocenters. The van der Waals surface area contributed by atoms with Crippen LogP contribution in [0.2, 0.25) is 0 Å². The summed E-state index contributed by atoms with van der Waals surface area (Å²) in [6, 6.07) is 5.53.